The summed E-state index contributed by atoms with van der Waals surface area (Å²) in [6, 6.07) is 12.5. The van der Waals surface area contributed by atoms with E-state index in [1.807, 2.05) is 38.1 Å². The van der Waals surface area contributed by atoms with Crippen molar-refractivity contribution < 1.29 is 18.3 Å². The van der Waals surface area contributed by atoms with Crippen molar-refractivity contribution in [3.63, 3.8) is 0 Å². The summed E-state index contributed by atoms with van der Waals surface area (Å²) in [6.45, 7) is 4.94. The number of nitrogens with zero attached hydrogens (tertiary/aromatic N) is 1. The van der Waals surface area contributed by atoms with Crippen LogP contribution in [-0.2, 0) is 15.8 Å². The Morgan fingerprint density at radius 1 is 1.03 bits per heavy atom. The predicted octanol–water partition coefficient (Wildman–Crippen LogP) is 5.87. The molecular formula is C22H28INO4S2. The molecule has 164 valence electrons. The largest absolute Gasteiger partial charge is 0.478 e. The van der Waals surface area contributed by atoms with Gasteiger partial charge in [-0.05, 0) is 71.3 Å². The molecule has 30 heavy (non-hydrogen) atoms. The average Bonchev–Trinajstić information content (AvgIpc) is 2.73. The zero-order valence-electron chi connectivity index (χ0n) is 17.3. The molecule has 0 atom stereocenters. The van der Waals surface area contributed by atoms with E-state index in [4.69, 9.17) is 0 Å². The van der Waals surface area contributed by atoms with Crippen molar-refractivity contribution in [2.24, 2.45) is 0 Å². The number of rotatable bonds is 12. The van der Waals surface area contributed by atoms with Crippen LogP contribution in [0.15, 0.2) is 52.3 Å². The van der Waals surface area contributed by atoms with Crippen molar-refractivity contribution in [2.75, 3.05) is 13.1 Å². The third kappa shape index (κ3) is 6.96. The van der Waals surface area contributed by atoms with Gasteiger partial charge in [0, 0.05) is 27.3 Å². The Labute approximate surface area is 197 Å². The highest BCUT2D eigenvalue weighted by Crippen LogP contribution is 2.30. The fourth-order valence-corrected chi connectivity index (χ4v) is 5.76. The molecule has 1 N–H and O–H groups in total. The number of aromatic carboxylic acids is 1. The molecule has 2 aromatic rings. The molecule has 5 nitrogen and oxygen atoms in total. The van der Waals surface area contributed by atoms with Gasteiger partial charge in [0.05, 0.1) is 10.5 Å². The van der Waals surface area contributed by atoms with E-state index in [0.717, 1.165) is 34.8 Å². The fraction of sp³-hybridized carbons (Fsp3) is 0.409. The van der Waals surface area contributed by atoms with Gasteiger partial charge in [-0.25, -0.2) is 13.2 Å². The van der Waals surface area contributed by atoms with Crippen molar-refractivity contribution in [1.29, 1.82) is 0 Å². The summed E-state index contributed by atoms with van der Waals surface area (Å²) in [7, 11) is -3.73. The van der Waals surface area contributed by atoms with Gasteiger partial charge in [0.15, 0.2) is 0 Å². The lowest BCUT2D eigenvalue weighted by molar-refractivity contribution is 0.0693. The summed E-state index contributed by atoms with van der Waals surface area (Å²) in [4.78, 5) is 12.5. The quantitative estimate of drug-likeness (QED) is 0.259. The van der Waals surface area contributed by atoms with E-state index < -0.39 is 16.0 Å². The normalized spacial score (nSPS) is 11.7. The maximum Gasteiger partial charge on any atom is 0.336 e. The molecule has 0 amide bonds. The topological polar surface area (TPSA) is 74.7 Å². The molecule has 0 heterocycles. The number of carboxylic acids is 1. The van der Waals surface area contributed by atoms with Gasteiger partial charge in [-0.1, -0.05) is 38.8 Å². The lowest BCUT2D eigenvalue weighted by atomic mass is 10.2. The fourth-order valence-electron chi connectivity index (χ4n) is 2.87. The van der Waals surface area contributed by atoms with Crippen LogP contribution < -0.4 is 0 Å². The number of unbranched alkanes of at least 4 members (excludes halogenated alkanes) is 2. The van der Waals surface area contributed by atoms with E-state index in [0.29, 0.717) is 23.7 Å². The molecule has 0 saturated carbocycles. The second-order valence-corrected chi connectivity index (χ2v) is 11.2. The van der Waals surface area contributed by atoms with E-state index in [2.05, 4.69) is 22.6 Å². The second-order valence-electron chi connectivity index (χ2n) is 6.99. The van der Waals surface area contributed by atoms with Crippen LogP contribution in [0.1, 0.15) is 55.5 Å². The number of halogens is 1. The Hall–Kier alpha value is -1.10. The van der Waals surface area contributed by atoms with Gasteiger partial charge in [-0.2, -0.15) is 4.31 Å². The molecule has 0 unspecified atom stereocenters. The Balaban J connectivity index is 2.29. The first-order valence-corrected chi connectivity index (χ1v) is 13.5. The molecule has 0 saturated heterocycles. The van der Waals surface area contributed by atoms with Crippen LogP contribution in [0, 0.1) is 3.57 Å². The molecule has 0 aromatic heterocycles. The minimum Gasteiger partial charge on any atom is -0.478 e. The highest BCUT2D eigenvalue weighted by Gasteiger charge is 2.25. The van der Waals surface area contributed by atoms with Crippen LogP contribution in [-0.4, -0.2) is 36.9 Å². The van der Waals surface area contributed by atoms with E-state index in [9.17, 15) is 18.3 Å². The number of carboxylic acid groups (broad SMARTS) is 1. The van der Waals surface area contributed by atoms with Gasteiger partial charge in [0.2, 0.25) is 10.0 Å². The molecule has 8 heteroatoms. The number of hydrogen-bond donors (Lipinski definition) is 1. The summed E-state index contributed by atoms with van der Waals surface area (Å²) in [5.74, 6) is -0.506. The van der Waals surface area contributed by atoms with E-state index in [1.165, 1.54) is 28.2 Å². The molecule has 2 aromatic carbocycles. The molecular weight excluding hydrogens is 533 g/mol. The van der Waals surface area contributed by atoms with Gasteiger partial charge in [0.1, 0.15) is 0 Å². The predicted molar refractivity (Wildman–Crippen MR) is 131 cm³/mol. The minimum atomic E-state index is -3.73. The first-order chi connectivity index (χ1) is 14.3. The highest BCUT2D eigenvalue weighted by atomic mass is 127. The van der Waals surface area contributed by atoms with Crippen molar-refractivity contribution in [3.05, 3.63) is 57.2 Å². The van der Waals surface area contributed by atoms with Crippen molar-refractivity contribution >= 4 is 50.3 Å². The van der Waals surface area contributed by atoms with Crippen molar-refractivity contribution in [3.8, 4) is 0 Å². The van der Waals surface area contributed by atoms with Crippen LogP contribution in [0.4, 0.5) is 0 Å². The molecule has 0 radical (unpaired) electrons. The molecule has 2 rings (SSSR count). The molecule has 0 aliphatic rings. The van der Waals surface area contributed by atoms with Crippen molar-refractivity contribution in [1.82, 2.24) is 4.31 Å². The van der Waals surface area contributed by atoms with Crippen LogP contribution in [0.25, 0.3) is 0 Å². The average molecular weight is 562 g/mol. The van der Waals surface area contributed by atoms with Crippen LogP contribution in [0.2, 0.25) is 0 Å². The van der Waals surface area contributed by atoms with E-state index >= 15 is 0 Å². The van der Waals surface area contributed by atoms with Gasteiger partial charge >= 0.3 is 5.97 Å². The Morgan fingerprint density at radius 2 is 1.63 bits per heavy atom. The summed E-state index contributed by atoms with van der Waals surface area (Å²) in [6.07, 6.45) is 3.34. The maximum atomic E-state index is 13.2. The second kappa shape index (κ2) is 12.1. The van der Waals surface area contributed by atoms with Gasteiger partial charge in [-0.3, -0.25) is 0 Å². The van der Waals surface area contributed by atoms with Gasteiger partial charge in [-0.15, -0.1) is 11.8 Å². The third-order valence-electron chi connectivity index (χ3n) is 4.65. The lowest BCUT2D eigenvalue weighted by Crippen LogP contribution is -2.33. The van der Waals surface area contributed by atoms with Crippen molar-refractivity contribution in [2.45, 2.75) is 55.1 Å². The maximum absolute atomic E-state index is 13.2. The summed E-state index contributed by atoms with van der Waals surface area (Å²) in [5.41, 5.74) is 1.11. The number of hydrogen-bond acceptors (Lipinski definition) is 4. The van der Waals surface area contributed by atoms with Crippen LogP contribution in [0.3, 0.4) is 0 Å². The molecule has 0 aliphatic heterocycles. The SMILES string of the molecule is CCCCN(CCCC)S(=O)(=O)c1ccc(SCc2ccc(I)cc2)c(C(=O)O)c1. The van der Waals surface area contributed by atoms with Crippen LogP contribution in [0.5, 0.6) is 0 Å². The molecule has 0 fully saturated rings. The number of carbonyl (C=O) groups is 1. The lowest BCUT2D eigenvalue weighted by Gasteiger charge is -2.22. The zero-order chi connectivity index (χ0) is 22.1. The molecule has 0 bridgehead atoms. The third-order valence-corrected chi connectivity index (χ3v) is 8.41. The van der Waals surface area contributed by atoms with E-state index in [1.54, 1.807) is 6.07 Å². The first kappa shape index (κ1) is 25.2. The summed E-state index contributed by atoms with van der Waals surface area (Å²) >= 11 is 3.64. The number of benzene rings is 2. The Bertz CT molecular complexity index is 938. The molecule has 0 aliphatic carbocycles. The Morgan fingerprint density at radius 3 is 2.17 bits per heavy atom. The van der Waals surface area contributed by atoms with E-state index in [-0.39, 0.29) is 10.5 Å². The molecule has 0 spiro atoms. The first-order valence-electron chi connectivity index (χ1n) is 10.0. The van der Waals surface area contributed by atoms with Gasteiger partial charge in [0.25, 0.3) is 0 Å². The summed E-state index contributed by atoms with van der Waals surface area (Å²) < 4.78 is 29.0. The number of sulfonamides is 1. The number of thioether (sulfide) groups is 1. The summed E-state index contributed by atoms with van der Waals surface area (Å²) in [5, 5.41) is 9.69. The van der Waals surface area contributed by atoms with Gasteiger partial charge < -0.3 is 5.11 Å². The van der Waals surface area contributed by atoms with Crippen LogP contribution >= 0.6 is 34.4 Å². The monoisotopic (exact) mass is 561 g/mol. The Kier molecular flexibility index (Phi) is 10.1. The zero-order valence-corrected chi connectivity index (χ0v) is 21.1. The smallest absolute Gasteiger partial charge is 0.336 e. The minimum absolute atomic E-state index is 0.0255. The highest BCUT2D eigenvalue weighted by molar-refractivity contribution is 14.1. The standard InChI is InChI=1S/C22H28INO4S2/c1-3-5-13-24(14-6-4-2)30(27,28)19-11-12-21(20(15-19)22(25)26)29-16-17-7-9-18(23)10-8-17/h7-12,15H,3-6,13-14,16H2,1-2H3,(H,25,26).